The van der Waals surface area contributed by atoms with Gasteiger partial charge in [0.05, 0.1) is 5.02 Å². The van der Waals surface area contributed by atoms with Crippen molar-refractivity contribution in [2.75, 3.05) is 18.5 Å². The molecule has 0 aliphatic heterocycles. The van der Waals surface area contributed by atoms with Crippen LogP contribution in [0.4, 0.5) is 14.5 Å². The predicted octanol–water partition coefficient (Wildman–Crippen LogP) is 3.62. The molecule has 154 valence electrons. The van der Waals surface area contributed by atoms with Crippen molar-refractivity contribution in [1.82, 2.24) is 5.32 Å². The van der Waals surface area contributed by atoms with E-state index in [-0.39, 0.29) is 16.5 Å². The highest BCUT2D eigenvalue weighted by Gasteiger charge is 2.13. The molecule has 0 atom stereocenters. The minimum absolute atomic E-state index is 0.129. The third kappa shape index (κ3) is 7.66. The zero-order chi connectivity index (χ0) is 21.4. The standard InChI is InChI=1S/C18H14BrClF2N2O5/c19-11-3-1-10(2-4-11)17(27)23-8-16(26)28-9-15(25)24-12-5-6-14(13(20)7-12)29-18(21)22/h1-7,18H,8-9H2,(H,23,27)(H,24,25). The average Bonchev–Trinajstić information content (AvgIpc) is 2.67. The van der Waals surface area contributed by atoms with Gasteiger partial charge >= 0.3 is 12.6 Å². The molecule has 2 amide bonds. The first-order valence-electron chi connectivity index (χ1n) is 7.98. The molecular formula is C18H14BrClF2N2O5. The number of hydrogen-bond acceptors (Lipinski definition) is 5. The maximum Gasteiger partial charge on any atom is 0.387 e. The van der Waals surface area contributed by atoms with Crippen LogP contribution in [0.3, 0.4) is 0 Å². The van der Waals surface area contributed by atoms with Crippen LogP contribution in [0.2, 0.25) is 5.02 Å². The Morgan fingerprint density at radius 2 is 1.79 bits per heavy atom. The largest absolute Gasteiger partial charge is 0.454 e. The van der Waals surface area contributed by atoms with E-state index in [9.17, 15) is 23.2 Å². The molecule has 0 spiro atoms. The minimum Gasteiger partial charge on any atom is -0.454 e. The zero-order valence-electron chi connectivity index (χ0n) is 14.6. The number of alkyl halides is 2. The van der Waals surface area contributed by atoms with E-state index in [1.807, 2.05) is 0 Å². The lowest BCUT2D eigenvalue weighted by Gasteiger charge is -2.10. The summed E-state index contributed by atoms with van der Waals surface area (Å²) < 4.78 is 34.1. The van der Waals surface area contributed by atoms with Gasteiger partial charge in [-0.15, -0.1) is 0 Å². The van der Waals surface area contributed by atoms with E-state index < -0.39 is 37.5 Å². The Labute approximate surface area is 177 Å². The highest BCUT2D eigenvalue weighted by atomic mass is 79.9. The lowest BCUT2D eigenvalue weighted by atomic mass is 10.2. The molecule has 0 bridgehead atoms. The number of esters is 1. The van der Waals surface area contributed by atoms with Gasteiger partial charge in [-0.2, -0.15) is 8.78 Å². The zero-order valence-corrected chi connectivity index (χ0v) is 16.9. The Kier molecular flexibility index (Phi) is 8.34. The molecule has 0 heterocycles. The normalized spacial score (nSPS) is 10.4. The van der Waals surface area contributed by atoms with Crippen LogP contribution < -0.4 is 15.4 Å². The molecule has 2 N–H and O–H groups in total. The van der Waals surface area contributed by atoms with Crippen LogP contribution in [-0.2, 0) is 14.3 Å². The highest BCUT2D eigenvalue weighted by Crippen LogP contribution is 2.28. The lowest BCUT2D eigenvalue weighted by molar-refractivity contribution is -0.146. The quantitative estimate of drug-likeness (QED) is 0.550. The molecule has 0 saturated carbocycles. The van der Waals surface area contributed by atoms with Crippen molar-refractivity contribution in [1.29, 1.82) is 0 Å². The number of anilines is 1. The van der Waals surface area contributed by atoms with Crippen molar-refractivity contribution in [2.45, 2.75) is 6.61 Å². The fraction of sp³-hybridized carbons (Fsp3) is 0.167. The van der Waals surface area contributed by atoms with E-state index in [4.69, 9.17) is 16.3 Å². The number of carbonyl (C=O) groups excluding carboxylic acids is 3. The lowest BCUT2D eigenvalue weighted by Crippen LogP contribution is -2.32. The fourth-order valence-corrected chi connectivity index (χ4v) is 2.51. The van der Waals surface area contributed by atoms with Crippen molar-refractivity contribution in [3.63, 3.8) is 0 Å². The molecule has 0 aromatic heterocycles. The third-order valence-electron chi connectivity index (χ3n) is 3.30. The van der Waals surface area contributed by atoms with Crippen molar-refractivity contribution in [3.05, 3.63) is 57.5 Å². The number of benzene rings is 2. The van der Waals surface area contributed by atoms with Gasteiger partial charge in [-0.25, -0.2) is 0 Å². The smallest absolute Gasteiger partial charge is 0.387 e. The Bertz CT molecular complexity index is 896. The van der Waals surface area contributed by atoms with Gasteiger partial charge in [-0.1, -0.05) is 27.5 Å². The minimum atomic E-state index is -3.03. The fourth-order valence-electron chi connectivity index (χ4n) is 2.02. The molecule has 0 unspecified atom stereocenters. The summed E-state index contributed by atoms with van der Waals surface area (Å²) in [6.07, 6.45) is 0. The number of ether oxygens (including phenoxy) is 2. The van der Waals surface area contributed by atoms with E-state index in [1.165, 1.54) is 12.1 Å². The molecule has 0 radical (unpaired) electrons. The van der Waals surface area contributed by atoms with Crippen LogP contribution in [-0.4, -0.2) is 37.5 Å². The van der Waals surface area contributed by atoms with Crippen molar-refractivity contribution in [2.24, 2.45) is 0 Å². The second-order valence-corrected chi connectivity index (χ2v) is 6.75. The molecular weight excluding hydrogens is 478 g/mol. The molecule has 7 nitrogen and oxygen atoms in total. The first-order valence-corrected chi connectivity index (χ1v) is 9.15. The second kappa shape index (κ2) is 10.7. The van der Waals surface area contributed by atoms with Crippen molar-refractivity contribution >= 4 is 51.0 Å². The Morgan fingerprint density at radius 3 is 2.41 bits per heavy atom. The predicted molar refractivity (Wildman–Crippen MR) is 104 cm³/mol. The Morgan fingerprint density at radius 1 is 1.10 bits per heavy atom. The first kappa shape index (κ1) is 22.6. The Balaban J connectivity index is 1.75. The molecule has 29 heavy (non-hydrogen) atoms. The molecule has 11 heteroatoms. The van der Waals surface area contributed by atoms with Crippen LogP contribution in [0.1, 0.15) is 10.4 Å². The van der Waals surface area contributed by atoms with Crippen molar-refractivity contribution < 1.29 is 32.6 Å². The topological polar surface area (TPSA) is 93.7 Å². The van der Waals surface area contributed by atoms with E-state index in [2.05, 4.69) is 31.3 Å². The molecule has 0 aliphatic rings. The van der Waals surface area contributed by atoms with E-state index >= 15 is 0 Å². The number of carbonyl (C=O) groups is 3. The van der Waals surface area contributed by atoms with Gasteiger partial charge in [0.2, 0.25) is 0 Å². The number of amides is 2. The van der Waals surface area contributed by atoms with Crippen LogP contribution >= 0.6 is 27.5 Å². The van der Waals surface area contributed by atoms with Gasteiger partial charge in [-0.3, -0.25) is 14.4 Å². The van der Waals surface area contributed by atoms with E-state index in [0.717, 1.165) is 10.5 Å². The third-order valence-corrected chi connectivity index (χ3v) is 4.12. The molecule has 2 aromatic carbocycles. The van der Waals surface area contributed by atoms with Gasteiger partial charge in [0.1, 0.15) is 12.3 Å². The van der Waals surface area contributed by atoms with E-state index in [0.29, 0.717) is 5.56 Å². The van der Waals surface area contributed by atoms with Crippen LogP contribution in [0.25, 0.3) is 0 Å². The summed E-state index contributed by atoms with van der Waals surface area (Å²) in [5.74, 6) is -2.22. The summed E-state index contributed by atoms with van der Waals surface area (Å²) in [6.45, 7) is -4.07. The first-order chi connectivity index (χ1) is 13.7. The maximum absolute atomic E-state index is 12.2. The van der Waals surface area contributed by atoms with Crippen LogP contribution in [0.15, 0.2) is 46.9 Å². The van der Waals surface area contributed by atoms with Gasteiger partial charge in [0.25, 0.3) is 11.8 Å². The van der Waals surface area contributed by atoms with Crippen molar-refractivity contribution in [3.8, 4) is 5.75 Å². The summed E-state index contributed by atoms with van der Waals surface area (Å²) in [4.78, 5) is 35.3. The van der Waals surface area contributed by atoms with Gasteiger partial charge in [-0.05, 0) is 42.5 Å². The molecule has 2 rings (SSSR count). The summed E-state index contributed by atoms with van der Waals surface area (Å²) in [5, 5.41) is 4.62. The molecule has 0 fully saturated rings. The Hall–Kier alpha value is -2.72. The SMILES string of the molecule is O=C(COC(=O)CNC(=O)c1ccc(Br)cc1)Nc1ccc(OC(F)F)c(Cl)c1. The highest BCUT2D eigenvalue weighted by molar-refractivity contribution is 9.10. The number of halogens is 4. The number of nitrogens with one attached hydrogen (secondary N) is 2. The van der Waals surface area contributed by atoms with Crippen LogP contribution in [0, 0.1) is 0 Å². The summed E-state index contributed by atoms with van der Waals surface area (Å²) in [6, 6.07) is 10.2. The van der Waals surface area contributed by atoms with Gasteiger partial charge in [0.15, 0.2) is 6.61 Å². The van der Waals surface area contributed by atoms with Gasteiger partial charge in [0, 0.05) is 15.7 Å². The average molecular weight is 492 g/mol. The molecule has 0 saturated heterocycles. The monoisotopic (exact) mass is 490 g/mol. The van der Waals surface area contributed by atoms with E-state index in [1.54, 1.807) is 24.3 Å². The number of rotatable bonds is 8. The molecule has 2 aromatic rings. The summed E-state index contributed by atoms with van der Waals surface area (Å²) in [5.41, 5.74) is 0.552. The van der Waals surface area contributed by atoms with Crippen LogP contribution in [0.5, 0.6) is 5.75 Å². The molecule has 0 aliphatic carbocycles. The number of hydrogen-bond donors (Lipinski definition) is 2. The van der Waals surface area contributed by atoms with Gasteiger partial charge < -0.3 is 20.1 Å². The summed E-state index contributed by atoms with van der Waals surface area (Å²) >= 11 is 9.02. The summed E-state index contributed by atoms with van der Waals surface area (Å²) in [7, 11) is 0. The maximum atomic E-state index is 12.2. The second-order valence-electron chi connectivity index (χ2n) is 5.42.